The van der Waals surface area contributed by atoms with Gasteiger partial charge < -0.3 is 9.84 Å². The van der Waals surface area contributed by atoms with E-state index in [1.54, 1.807) is 16.7 Å². The van der Waals surface area contributed by atoms with Crippen LogP contribution >= 0.6 is 38.6 Å². The molecule has 0 spiro atoms. The third-order valence-electron chi connectivity index (χ3n) is 2.73. The van der Waals surface area contributed by atoms with Gasteiger partial charge in [0.25, 0.3) is 0 Å². The molecule has 20 heavy (non-hydrogen) atoms. The first-order chi connectivity index (χ1) is 9.65. The fourth-order valence-corrected chi connectivity index (χ4v) is 4.27. The fourth-order valence-electron chi connectivity index (χ4n) is 1.86. The summed E-state index contributed by atoms with van der Waals surface area (Å²) in [7, 11) is 0. The molecule has 0 atom stereocenters. The van der Waals surface area contributed by atoms with E-state index >= 15 is 0 Å². The molecule has 102 valence electrons. The van der Waals surface area contributed by atoms with Gasteiger partial charge in [0, 0.05) is 15.0 Å². The van der Waals surface area contributed by atoms with Crippen molar-refractivity contribution >= 4 is 54.7 Å². The number of rotatable bonds is 4. The molecule has 3 nitrogen and oxygen atoms in total. The number of thiophene rings is 2. The van der Waals surface area contributed by atoms with E-state index in [0.717, 1.165) is 16.2 Å². The van der Waals surface area contributed by atoms with Gasteiger partial charge in [-0.1, -0.05) is 18.2 Å². The summed E-state index contributed by atoms with van der Waals surface area (Å²) in [5, 5.41) is 12.0. The Kier molecular flexibility index (Phi) is 3.78. The Morgan fingerprint density at radius 3 is 2.90 bits per heavy atom. The normalized spacial score (nSPS) is 10.8. The third-order valence-corrected chi connectivity index (χ3v) is 5.66. The highest BCUT2D eigenvalue weighted by atomic mass is 79.9. The van der Waals surface area contributed by atoms with Crippen molar-refractivity contribution in [1.82, 2.24) is 0 Å². The van der Waals surface area contributed by atoms with Crippen LogP contribution in [0.1, 0.15) is 14.5 Å². The number of benzene rings is 1. The Morgan fingerprint density at radius 2 is 2.15 bits per heavy atom. The maximum Gasteiger partial charge on any atom is 0.349 e. The summed E-state index contributed by atoms with van der Waals surface area (Å²) < 4.78 is 7.56. The molecule has 1 N–H and O–H groups in total. The number of carboxylic acids is 1. The van der Waals surface area contributed by atoms with E-state index in [2.05, 4.69) is 34.1 Å². The lowest BCUT2D eigenvalue weighted by molar-refractivity contribution is 0.0697. The largest absolute Gasteiger partial charge is 0.485 e. The highest BCUT2D eigenvalue weighted by Crippen LogP contribution is 2.36. The Balaban J connectivity index is 1.82. The van der Waals surface area contributed by atoms with E-state index in [-0.39, 0.29) is 4.88 Å². The predicted octanol–water partition coefficient (Wildman–Crippen LogP) is 5.00. The van der Waals surface area contributed by atoms with Crippen LogP contribution in [0, 0.1) is 0 Å². The number of hydrogen-bond donors (Lipinski definition) is 1. The molecule has 1 aromatic carbocycles. The Morgan fingerprint density at radius 1 is 1.35 bits per heavy atom. The summed E-state index contributed by atoms with van der Waals surface area (Å²) >= 11 is 6.13. The van der Waals surface area contributed by atoms with Crippen molar-refractivity contribution in [3.8, 4) is 5.75 Å². The first kappa shape index (κ1) is 13.6. The number of ether oxygens (including phenoxy) is 1. The minimum atomic E-state index is -0.966. The summed E-state index contributed by atoms with van der Waals surface area (Å²) in [4.78, 5) is 12.4. The minimum Gasteiger partial charge on any atom is -0.485 e. The zero-order chi connectivity index (χ0) is 14.1. The molecule has 0 bridgehead atoms. The van der Waals surface area contributed by atoms with Crippen LogP contribution in [0.15, 0.2) is 40.2 Å². The molecule has 2 aromatic heterocycles. The maximum atomic E-state index is 11.1. The maximum absolute atomic E-state index is 11.1. The number of fused-ring (bicyclic) bond motifs is 1. The van der Waals surface area contributed by atoms with Gasteiger partial charge in [0.2, 0.25) is 0 Å². The van der Waals surface area contributed by atoms with Gasteiger partial charge in [-0.15, -0.1) is 22.7 Å². The second-order valence-corrected chi connectivity index (χ2v) is 6.99. The fraction of sp³-hybridized carbons (Fsp3) is 0.0714. The minimum absolute atomic E-state index is 0.220. The molecule has 0 aliphatic rings. The molecule has 0 radical (unpaired) electrons. The second kappa shape index (κ2) is 5.55. The van der Waals surface area contributed by atoms with Crippen LogP contribution in [0.4, 0.5) is 0 Å². The zero-order valence-corrected chi connectivity index (χ0v) is 13.3. The topological polar surface area (TPSA) is 46.5 Å². The molecule has 0 aliphatic heterocycles. The van der Waals surface area contributed by atoms with Gasteiger partial charge in [-0.05, 0) is 33.4 Å². The Hall–Kier alpha value is -1.37. The molecule has 0 amide bonds. The van der Waals surface area contributed by atoms with Gasteiger partial charge in [-0.3, -0.25) is 0 Å². The van der Waals surface area contributed by atoms with Crippen LogP contribution in [0.25, 0.3) is 10.1 Å². The Bertz CT molecular complexity index is 743. The van der Waals surface area contributed by atoms with E-state index in [4.69, 9.17) is 9.84 Å². The van der Waals surface area contributed by atoms with Crippen molar-refractivity contribution in [3.63, 3.8) is 0 Å². The molecule has 0 aliphatic carbocycles. The molecule has 0 unspecified atom stereocenters. The monoisotopic (exact) mass is 368 g/mol. The van der Waals surface area contributed by atoms with Crippen molar-refractivity contribution in [3.05, 3.63) is 49.9 Å². The zero-order valence-electron chi connectivity index (χ0n) is 10.1. The molecule has 2 heterocycles. The van der Waals surface area contributed by atoms with Crippen molar-refractivity contribution in [2.24, 2.45) is 0 Å². The van der Waals surface area contributed by atoms with Crippen molar-refractivity contribution in [2.75, 3.05) is 0 Å². The number of carboxylic acid groups (broad SMARTS) is 1. The highest BCUT2D eigenvalue weighted by molar-refractivity contribution is 9.10. The smallest absolute Gasteiger partial charge is 0.349 e. The predicted molar refractivity (Wildman–Crippen MR) is 85.1 cm³/mol. The van der Waals surface area contributed by atoms with Crippen LogP contribution in [0.3, 0.4) is 0 Å². The average Bonchev–Trinajstić information content (AvgIpc) is 2.99. The van der Waals surface area contributed by atoms with Gasteiger partial charge in [0.15, 0.2) is 10.6 Å². The summed E-state index contributed by atoms with van der Waals surface area (Å²) in [6.07, 6.45) is 0. The molecule has 0 saturated heterocycles. The summed E-state index contributed by atoms with van der Waals surface area (Å²) in [5.74, 6) is -0.563. The molecule has 0 fully saturated rings. The van der Waals surface area contributed by atoms with E-state index < -0.39 is 5.97 Å². The van der Waals surface area contributed by atoms with Crippen LogP contribution in [-0.2, 0) is 6.61 Å². The molecular formula is C14H9BrO3S2. The van der Waals surface area contributed by atoms with Gasteiger partial charge in [0.05, 0.1) is 4.47 Å². The lowest BCUT2D eigenvalue weighted by atomic mass is 10.2. The first-order valence-electron chi connectivity index (χ1n) is 5.75. The number of halogens is 1. The van der Waals surface area contributed by atoms with Gasteiger partial charge in [-0.2, -0.15) is 0 Å². The standard InChI is InChI=1S/C14H9BrO3S2/c15-10-7-19-13(14(16)17)12(10)18-6-9-5-8-3-1-2-4-11(8)20-9/h1-5,7H,6H2,(H,16,17). The summed E-state index contributed by atoms with van der Waals surface area (Å²) in [5.41, 5.74) is 0. The molecule has 3 aromatic rings. The summed E-state index contributed by atoms with van der Waals surface area (Å²) in [6.45, 7) is 0.370. The molecular weight excluding hydrogens is 360 g/mol. The van der Waals surface area contributed by atoms with Crippen LogP contribution in [0.5, 0.6) is 5.75 Å². The van der Waals surface area contributed by atoms with E-state index in [1.807, 2.05) is 12.1 Å². The Labute approximate surface area is 131 Å². The second-order valence-electron chi connectivity index (χ2n) is 4.09. The van der Waals surface area contributed by atoms with Crippen molar-refractivity contribution in [1.29, 1.82) is 0 Å². The lowest BCUT2D eigenvalue weighted by Crippen LogP contribution is -1.99. The van der Waals surface area contributed by atoms with Crippen LogP contribution in [0.2, 0.25) is 0 Å². The lowest BCUT2D eigenvalue weighted by Gasteiger charge is -2.04. The number of aromatic carboxylic acids is 1. The molecule has 6 heteroatoms. The van der Waals surface area contributed by atoms with E-state index in [1.165, 1.54) is 10.1 Å². The number of carbonyl (C=O) groups is 1. The number of hydrogen-bond acceptors (Lipinski definition) is 4. The third kappa shape index (κ3) is 2.59. The highest BCUT2D eigenvalue weighted by Gasteiger charge is 2.17. The SMILES string of the molecule is O=C(O)c1scc(Br)c1OCc1cc2ccccc2s1. The van der Waals surface area contributed by atoms with Crippen LogP contribution in [-0.4, -0.2) is 11.1 Å². The average molecular weight is 369 g/mol. The van der Waals surface area contributed by atoms with Gasteiger partial charge >= 0.3 is 5.97 Å². The summed E-state index contributed by atoms with van der Waals surface area (Å²) in [6, 6.07) is 10.2. The van der Waals surface area contributed by atoms with Gasteiger partial charge in [-0.25, -0.2) is 4.79 Å². The quantitative estimate of drug-likeness (QED) is 0.704. The first-order valence-corrected chi connectivity index (χ1v) is 8.24. The van der Waals surface area contributed by atoms with Crippen molar-refractivity contribution in [2.45, 2.75) is 6.61 Å². The molecule has 0 saturated carbocycles. The van der Waals surface area contributed by atoms with E-state index in [0.29, 0.717) is 16.8 Å². The van der Waals surface area contributed by atoms with E-state index in [9.17, 15) is 4.79 Å². The van der Waals surface area contributed by atoms with Crippen molar-refractivity contribution < 1.29 is 14.6 Å². The van der Waals surface area contributed by atoms with Gasteiger partial charge in [0.1, 0.15) is 6.61 Å². The van der Waals surface area contributed by atoms with Crippen LogP contribution < -0.4 is 4.74 Å². The molecule has 3 rings (SSSR count).